The van der Waals surface area contributed by atoms with E-state index in [4.69, 9.17) is 0 Å². The lowest BCUT2D eigenvalue weighted by Gasteiger charge is -1.83. The summed E-state index contributed by atoms with van der Waals surface area (Å²) in [5.74, 6) is 0. The molecular formula is C5H9N. The predicted octanol–water partition coefficient (Wildman–Crippen LogP) is 1.26. The van der Waals surface area contributed by atoms with Crippen LogP contribution in [0.4, 0.5) is 0 Å². The summed E-state index contributed by atoms with van der Waals surface area (Å²) < 4.78 is 0. The first-order chi connectivity index (χ1) is 2.77. The Morgan fingerprint density at radius 1 is 1.83 bits per heavy atom. The Hall–Kier alpha value is -0.590. The zero-order valence-corrected chi connectivity index (χ0v) is 4.07. The van der Waals surface area contributed by atoms with Gasteiger partial charge in [-0.2, -0.15) is 0 Å². The Balaban J connectivity index is 3.05. The van der Waals surface area contributed by atoms with Gasteiger partial charge in [0.25, 0.3) is 0 Å². The van der Waals surface area contributed by atoms with Gasteiger partial charge in [-0.25, -0.2) is 0 Å². The largest absolute Gasteiger partial charge is 0.297 e. The number of nitrogens with zero attached hydrogens (tertiary/aromatic N) is 1. The van der Waals surface area contributed by atoms with Crippen LogP contribution in [0.25, 0.3) is 0 Å². The van der Waals surface area contributed by atoms with Gasteiger partial charge in [-0.15, -0.1) is 0 Å². The van der Waals surface area contributed by atoms with E-state index < -0.39 is 0 Å². The van der Waals surface area contributed by atoms with Crippen LogP contribution in [0.15, 0.2) is 17.1 Å². The second-order valence-corrected chi connectivity index (χ2v) is 1.34. The van der Waals surface area contributed by atoms with Crippen LogP contribution in [0.3, 0.4) is 0 Å². The molecule has 0 heterocycles. The van der Waals surface area contributed by atoms with E-state index in [0.29, 0.717) is 6.54 Å². The summed E-state index contributed by atoms with van der Waals surface area (Å²) in [5.41, 5.74) is 1.06. The Morgan fingerprint density at radius 2 is 2.33 bits per heavy atom. The first-order valence-electron chi connectivity index (χ1n) is 1.84. The van der Waals surface area contributed by atoms with Crippen molar-refractivity contribution in [2.24, 2.45) is 4.99 Å². The molecule has 0 N–H and O–H groups in total. The van der Waals surface area contributed by atoms with E-state index in [0.717, 1.165) is 5.57 Å². The van der Waals surface area contributed by atoms with Crippen LogP contribution in [0, 0.1) is 0 Å². The van der Waals surface area contributed by atoms with Gasteiger partial charge in [0.15, 0.2) is 0 Å². The maximum Gasteiger partial charge on any atom is 0.0587 e. The number of hydrogen-bond donors (Lipinski definition) is 0. The molecule has 0 unspecified atom stereocenters. The quantitative estimate of drug-likeness (QED) is 0.352. The van der Waals surface area contributed by atoms with Crippen molar-refractivity contribution in [3.63, 3.8) is 0 Å². The van der Waals surface area contributed by atoms with Gasteiger partial charge in [0, 0.05) is 0 Å². The highest BCUT2D eigenvalue weighted by Crippen LogP contribution is 1.82. The van der Waals surface area contributed by atoms with Crippen molar-refractivity contribution >= 4 is 6.72 Å². The average Bonchev–Trinajstić information content (AvgIpc) is 1.35. The molecule has 0 aromatic carbocycles. The molecule has 0 saturated carbocycles. The SMILES string of the molecule is C=NCC(=C)C. The van der Waals surface area contributed by atoms with Gasteiger partial charge in [0.2, 0.25) is 0 Å². The molecule has 0 fully saturated rings. The van der Waals surface area contributed by atoms with Gasteiger partial charge in [-0.1, -0.05) is 12.2 Å². The molecule has 0 aliphatic rings. The zero-order chi connectivity index (χ0) is 4.99. The van der Waals surface area contributed by atoms with Crippen LogP contribution in [0.5, 0.6) is 0 Å². The van der Waals surface area contributed by atoms with E-state index in [1.165, 1.54) is 0 Å². The van der Waals surface area contributed by atoms with Crippen LogP contribution in [-0.2, 0) is 0 Å². The summed E-state index contributed by atoms with van der Waals surface area (Å²) >= 11 is 0. The standard InChI is InChI=1S/C5H9N/c1-5(2)4-6-3/h1,3-4H2,2H3. The Bertz CT molecular complexity index is 64.3. The van der Waals surface area contributed by atoms with Crippen LogP contribution in [0.2, 0.25) is 0 Å². The number of rotatable bonds is 2. The molecular weight excluding hydrogens is 74.1 g/mol. The second kappa shape index (κ2) is 2.64. The topological polar surface area (TPSA) is 12.4 Å². The van der Waals surface area contributed by atoms with Crippen LogP contribution >= 0.6 is 0 Å². The third kappa shape index (κ3) is 3.41. The van der Waals surface area contributed by atoms with Gasteiger partial charge in [0.05, 0.1) is 6.54 Å². The van der Waals surface area contributed by atoms with E-state index in [9.17, 15) is 0 Å². The van der Waals surface area contributed by atoms with Crippen molar-refractivity contribution in [3.8, 4) is 0 Å². The lowest BCUT2D eigenvalue weighted by molar-refractivity contribution is 1.16. The molecule has 0 rings (SSSR count). The first-order valence-corrected chi connectivity index (χ1v) is 1.84. The molecule has 0 bridgehead atoms. The molecule has 6 heavy (non-hydrogen) atoms. The molecule has 1 nitrogen and oxygen atoms in total. The smallest absolute Gasteiger partial charge is 0.0587 e. The molecule has 0 atom stereocenters. The molecule has 0 aliphatic carbocycles. The molecule has 0 amide bonds. The van der Waals surface area contributed by atoms with Crippen molar-refractivity contribution in [1.82, 2.24) is 0 Å². The minimum Gasteiger partial charge on any atom is -0.297 e. The van der Waals surface area contributed by atoms with E-state index >= 15 is 0 Å². The van der Waals surface area contributed by atoms with Crippen molar-refractivity contribution in [3.05, 3.63) is 12.2 Å². The van der Waals surface area contributed by atoms with E-state index in [-0.39, 0.29) is 0 Å². The third-order valence-corrected chi connectivity index (χ3v) is 0.382. The van der Waals surface area contributed by atoms with Crippen LogP contribution in [0.1, 0.15) is 6.92 Å². The highest BCUT2D eigenvalue weighted by Gasteiger charge is 1.72. The van der Waals surface area contributed by atoms with Crippen molar-refractivity contribution < 1.29 is 0 Å². The Labute approximate surface area is 38.4 Å². The number of aliphatic imine (C=N–C) groups is 1. The summed E-state index contributed by atoms with van der Waals surface area (Å²) in [5, 5.41) is 0. The first kappa shape index (κ1) is 5.41. The maximum atomic E-state index is 3.61. The minimum atomic E-state index is 0.694. The molecule has 0 aromatic rings. The lowest BCUT2D eigenvalue weighted by atomic mass is 10.4. The maximum absolute atomic E-state index is 3.61. The molecule has 0 aromatic heterocycles. The summed E-state index contributed by atoms with van der Waals surface area (Å²) in [6.07, 6.45) is 0. The van der Waals surface area contributed by atoms with Crippen LogP contribution in [-0.4, -0.2) is 13.3 Å². The van der Waals surface area contributed by atoms with Gasteiger partial charge in [-0.3, -0.25) is 4.99 Å². The van der Waals surface area contributed by atoms with E-state index in [1.54, 1.807) is 0 Å². The normalized spacial score (nSPS) is 7.50. The van der Waals surface area contributed by atoms with Crippen molar-refractivity contribution in [2.75, 3.05) is 6.54 Å². The van der Waals surface area contributed by atoms with E-state index in [2.05, 4.69) is 18.3 Å². The van der Waals surface area contributed by atoms with E-state index in [1.807, 2.05) is 6.92 Å². The molecule has 0 radical (unpaired) electrons. The average molecular weight is 83.1 g/mol. The molecule has 0 spiro atoms. The predicted molar refractivity (Wildman–Crippen MR) is 29.2 cm³/mol. The Morgan fingerprint density at radius 3 is 2.33 bits per heavy atom. The minimum absolute atomic E-state index is 0.694. The monoisotopic (exact) mass is 83.1 g/mol. The second-order valence-electron chi connectivity index (χ2n) is 1.34. The summed E-state index contributed by atoms with van der Waals surface area (Å²) in [4.78, 5) is 3.59. The Kier molecular flexibility index (Phi) is 2.38. The lowest BCUT2D eigenvalue weighted by Crippen LogP contribution is -1.74. The fourth-order valence-corrected chi connectivity index (χ4v) is 0.191. The van der Waals surface area contributed by atoms with Gasteiger partial charge in [-0.05, 0) is 13.6 Å². The van der Waals surface area contributed by atoms with Crippen LogP contribution < -0.4 is 0 Å². The third-order valence-electron chi connectivity index (χ3n) is 0.382. The van der Waals surface area contributed by atoms with Crippen molar-refractivity contribution in [2.45, 2.75) is 6.92 Å². The highest BCUT2D eigenvalue weighted by molar-refractivity contribution is 5.24. The van der Waals surface area contributed by atoms with Gasteiger partial charge in [0.1, 0.15) is 0 Å². The summed E-state index contributed by atoms with van der Waals surface area (Å²) in [6.45, 7) is 9.52. The highest BCUT2D eigenvalue weighted by atomic mass is 14.7. The van der Waals surface area contributed by atoms with Gasteiger partial charge < -0.3 is 0 Å². The van der Waals surface area contributed by atoms with Gasteiger partial charge >= 0.3 is 0 Å². The molecule has 0 saturated heterocycles. The number of hydrogen-bond acceptors (Lipinski definition) is 1. The fraction of sp³-hybridized carbons (Fsp3) is 0.400. The fourth-order valence-electron chi connectivity index (χ4n) is 0.191. The molecule has 0 aliphatic heterocycles. The van der Waals surface area contributed by atoms with Crippen molar-refractivity contribution in [1.29, 1.82) is 0 Å². The summed E-state index contributed by atoms with van der Waals surface area (Å²) in [6, 6.07) is 0. The zero-order valence-electron chi connectivity index (χ0n) is 4.07. The summed E-state index contributed by atoms with van der Waals surface area (Å²) in [7, 11) is 0. The molecule has 1 heteroatoms. The molecule has 34 valence electrons.